The van der Waals surface area contributed by atoms with E-state index in [9.17, 15) is 29.4 Å². The zero-order valence-corrected chi connectivity index (χ0v) is 32.1. The summed E-state index contributed by atoms with van der Waals surface area (Å²) in [6.45, 7) is 17.2. The smallest absolute Gasteiger partial charge is 0.328 e. The first-order valence-corrected chi connectivity index (χ1v) is 18.7. The zero-order valence-electron chi connectivity index (χ0n) is 30.5. The number of hydrogen-bond donors (Lipinski definition) is 9. The van der Waals surface area contributed by atoms with Crippen LogP contribution in [-0.4, -0.2) is 63.3 Å². The van der Waals surface area contributed by atoms with Gasteiger partial charge in [-0.25, -0.2) is 20.3 Å². The first-order valence-electron chi connectivity index (χ1n) is 17.0. The number of carbonyl (C=O) groups excluding carboxylic acids is 3. The van der Waals surface area contributed by atoms with E-state index < -0.39 is 42.1 Å². The van der Waals surface area contributed by atoms with E-state index in [0.29, 0.717) is 33.9 Å². The number of hydrazine groups is 2. The molecule has 4 atom stereocenters. The lowest BCUT2D eigenvalue weighted by atomic mass is 10.1. The Balaban J connectivity index is 0.000000258. The number of amides is 3. The molecule has 17 heteroatoms. The standard InChI is InChI=1S/C20H18N4O3S.C13H12N2O3S.C7H8N2O.CH4/c1-12(25)17(20(27)24-23-19(26)13-6-4-3-5-7-13)22-15-8-9-16(21-2)18-14(15)10-11-28-18;1-7(16)11(13(17)18)15-9-3-4-10(14-2)12-8(9)5-6-19-12;8-9-7(10)6-4-2-1-3-5-6;/h3-12,17,22,25H,1H3,(H,23,26)(H,24,27);3-7,11,15-16H,1H3,(H,17,18);1-5H,8H2,(H,9,10);1H4/t12-,17-;7-,11-;;/m11../s1. The van der Waals surface area contributed by atoms with Gasteiger partial charge in [0.2, 0.25) is 11.4 Å². The van der Waals surface area contributed by atoms with Crippen molar-refractivity contribution in [3.63, 3.8) is 0 Å². The van der Waals surface area contributed by atoms with Crippen molar-refractivity contribution in [3.8, 4) is 0 Å². The number of hydrogen-bond acceptors (Lipinski definition) is 11. The number of aliphatic hydroxyl groups excluding tert-OH is 2. The average molecular weight is 823 g/mol. The number of nitrogens with two attached hydrogens (primary N) is 1. The summed E-state index contributed by atoms with van der Waals surface area (Å²) in [4.78, 5) is 53.4. The average Bonchev–Trinajstić information content (AvgIpc) is 3.93. The Morgan fingerprint density at radius 2 is 1.07 bits per heavy atom. The highest BCUT2D eigenvalue weighted by atomic mass is 32.1. The SMILES string of the molecule is C.NNC(=O)c1ccccc1.[C-]#[N+]c1ccc(N[C@@H](C(=O)NNC(=O)c2ccccc2)[C@@H](C)O)c2ccsc12.[C-]#[N+]c1ccc(N[C@@H](C(=O)O)[C@@H](C)O)c2ccsc12. The Morgan fingerprint density at radius 1 is 0.638 bits per heavy atom. The molecule has 0 radical (unpaired) electrons. The summed E-state index contributed by atoms with van der Waals surface area (Å²) in [6.07, 6.45) is -2.05. The van der Waals surface area contributed by atoms with Crippen LogP contribution in [-0.2, 0) is 9.59 Å². The Morgan fingerprint density at radius 3 is 1.47 bits per heavy atom. The van der Waals surface area contributed by atoms with Gasteiger partial charge < -0.3 is 26.0 Å². The van der Waals surface area contributed by atoms with Crippen molar-refractivity contribution in [1.29, 1.82) is 0 Å². The van der Waals surface area contributed by atoms with E-state index in [4.69, 9.17) is 24.1 Å². The van der Waals surface area contributed by atoms with E-state index in [1.165, 1.54) is 36.5 Å². The van der Waals surface area contributed by atoms with E-state index in [1.807, 2.05) is 34.4 Å². The third-order valence-corrected chi connectivity index (χ3v) is 9.94. The number of aliphatic hydroxyl groups is 2. The number of anilines is 2. The minimum atomic E-state index is -1.12. The Kier molecular flexibility index (Phi) is 17.3. The lowest BCUT2D eigenvalue weighted by Gasteiger charge is -2.22. The number of aliphatic carboxylic acids is 1. The molecule has 15 nitrogen and oxygen atoms in total. The van der Waals surface area contributed by atoms with Crippen molar-refractivity contribution in [1.82, 2.24) is 16.3 Å². The molecule has 2 heterocycles. The Labute approximate surface area is 342 Å². The van der Waals surface area contributed by atoms with Gasteiger partial charge in [-0.3, -0.25) is 30.7 Å². The number of thiophene rings is 2. The number of carbonyl (C=O) groups is 4. The molecule has 0 saturated heterocycles. The first-order chi connectivity index (χ1) is 27.4. The fraction of sp³-hybridized carbons (Fsp3) is 0.171. The summed E-state index contributed by atoms with van der Waals surface area (Å²) in [5.41, 5.74) is 10.0. The number of nitrogen functional groups attached to an aromatic ring is 1. The molecule has 0 aliphatic carbocycles. The summed E-state index contributed by atoms with van der Waals surface area (Å²) >= 11 is 2.87. The Hall–Kier alpha value is -6.86. The van der Waals surface area contributed by atoms with Crippen molar-refractivity contribution >= 4 is 89.3 Å². The second-order valence-electron chi connectivity index (χ2n) is 12.0. The van der Waals surface area contributed by atoms with Gasteiger partial charge in [-0.05, 0) is 73.1 Å². The summed E-state index contributed by atoms with van der Waals surface area (Å²) < 4.78 is 1.62. The van der Waals surface area contributed by atoms with Gasteiger partial charge in [0.05, 0.1) is 25.4 Å². The van der Waals surface area contributed by atoms with Gasteiger partial charge in [-0.15, -0.1) is 0 Å². The second-order valence-corrected chi connectivity index (χ2v) is 13.9. The fourth-order valence-electron chi connectivity index (χ4n) is 5.18. The van der Waals surface area contributed by atoms with Crippen LogP contribution in [0, 0.1) is 13.1 Å². The van der Waals surface area contributed by atoms with E-state index in [1.54, 1.807) is 78.9 Å². The van der Waals surface area contributed by atoms with Crippen LogP contribution in [0.2, 0.25) is 0 Å². The molecule has 0 aliphatic rings. The van der Waals surface area contributed by atoms with Crippen molar-refractivity contribution in [3.05, 3.63) is 142 Å². The summed E-state index contributed by atoms with van der Waals surface area (Å²) in [5, 5.41) is 39.7. The maximum Gasteiger partial charge on any atom is 0.328 e. The fourth-order valence-corrected chi connectivity index (χ4v) is 6.94. The van der Waals surface area contributed by atoms with E-state index in [-0.39, 0.29) is 13.3 Å². The van der Waals surface area contributed by atoms with Crippen molar-refractivity contribution in [2.45, 2.75) is 45.6 Å². The molecule has 58 heavy (non-hydrogen) atoms. The van der Waals surface area contributed by atoms with Crippen molar-refractivity contribution < 1.29 is 34.5 Å². The quantitative estimate of drug-likeness (QED) is 0.0308. The van der Waals surface area contributed by atoms with Gasteiger partial charge in [0.15, 0.2) is 6.04 Å². The summed E-state index contributed by atoms with van der Waals surface area (Å²) in [5.74, 6) is 2.48. The van der Waals surface area contributed by atoms with Crippen LogP contribution in [0.25, 0.3) is 29.9 Å². The number of rotatable bonds is 10. The number of carboxylic acid groups (broad SMARTS) is 1. The molecule has 300 valence electrons. The molecule has 6 aromatic rings. The molecular weight excluding hydrogens is 781 g/mol. The minimum absolute atomic E-state index is 0. The first kappa shape index (κ1) is 45.5. The monoisotopic (exact) mass is 822 g/mol. The summed E-state index contributed by atoms with van der Waals surface area (Å²) in [7, 11) is 0. The van der Waals surface area contributed by atoms with Gasteiger partial charge in [-0.2, -0.15) is 22.7 Å². The highest BCUT2D eigenvalue weighted by molar-refractivity contribution is 7.18. The molecule has 0 fully saturated rings. The third-order valence-electron chi connectivity index (χ3n) is 8.07. The molecule has 0 aliphatic heterocycles. The molecule has 6 rings (SSSR count). The molecule has 10 N–H and O–H groups in total. The van der Waals surface area contributed by atoms with Crippen LogP contribution in [0.15, 0.2) is 108 Å². The van der Waals surface area contributed by atoms with Crippen LogP contribution in [0.1, 0.15) is 42.0 Å². The molecule has 0 spiro atoms. The lowest BCUT2D eigenvalue weighted by molar-refractivity contribution is -0.140. The van der Waals surface area contributed by atoms with Crippen molar-refractivity contribution in [2.75, 3.05) is 10.6 Å². The second kappa shape index (κ2) is 22.0. The van der Waals surface area contributed by atoms with E-state index >= 15 is 0 Å². The summed E-state index contributed by atoms with van der Waals surface area (Å²) in [6, 6.07) is 25.6. The third kappa shape index (κ3) is 11.8. The maximum atomic E-state index is 12.5. The topological polar surface area (TPSA) is 224 Å². The number of benzene rings is 4. The van der Waals surface area contributed by atoms with Crippen LogP contribution in [0.4, 0.5) is 22.7 Å². The zero-order chi connectivity index (χ0) is 41.5. The van der Waals surface area contributed by atoms with E-state index in [2.05, 4.69) is 31.2 Å². The highest BCUT2D eigenvalue weighted by Gasteiger charge is 2.26. The lowest BCUT2D eigenvalue weighted by Crippen LogP contribution is -2.52. The molecule has 0 saturated carbocycles. The van der Waals surface area contributed by atoms with Gasteiger partial charge in [0.1, 0.15) is 6.04 Å². The number of nitrogens with zero attached hydrogens (tertiary/aromatic N) is 2. The molecule has 0 unspecified atom stereocenters. The molecular formula is C41H42N8O7S2. The Bertz CT molecular complexity index is 2410. The van der Waals surface area contributed by atoms with Gasteiger partial charge in [0.25, 0.3) is 17.7 Å². The van der Waals surface area contributed by atoms with Crippen LogP contribution < -0.4 is 32.8 Å². The molecule has 4 aromatic carbocycles. The molecule has 2 aromatic heterocycles. The minimum Gasteiger partial charge on any atom is -0.480 e. The predicted octanol–water partition coefficient (Wildman–Crippen LogP) is 6.70. The van der Waals surface area contributed by atoms with Gasteiger partial charge >= 0.3 is 5.97 Å². The predicted molar refractivity (Wildman–Crippen MR) is 229 cm³/mol. The van der Waals surface area contributed by atoms with Crippen molar-refractivity contribution in [2.24, 2.45) is 5.84 Å². The number of fused-ring (bicyclic) bond motifs is 2. The molecule has 3 amide bonds. The van der Waals surface area contributed by atoms with Gasteiger partial charge in [-0.1, -0.05) is 56.0 Å². The van der Waals surface area contributed by atoms with Crippen LogP contribution in [0.5, 0.6) is 0 Å². The van der Waals surface area contributed by atoms with Crippen LogP contribution in [0.3, 0.4) is 0 Å². The van der Waals surface area contributed by atoms with Gasteiger partial charge in [0, 0.05) is 42.7 Å². The maximum absolute atomic E-state index is 12.5. The number of nitrogens with one attached hydrogen (secondary N) is 5. The highest BCUT2D eigenvalue weighted by Crippen LogP contribution is 2.37. The normalized spacial score (nSPS) is 12.1. The van der Waals surface area contributed by atoms with E-state index in [0.717, 1.165) is 20.2 Å². The van der Waals surface area contributed by atoms with Crippen LogP contribution >= 0.6 is 22.7 Å². The molecule has 0 bridgehead atoms. The number of carboxylic acids is 1. The largest absolute Gasteiger partial charge is 0.480 e.